The van der Waals surface area contributed by atoms with Crippen LogP contribution in [0.3, 0.4) is 0 Å². The predicted octanol–water partition coefficient (Wildman–Crippen LogP) is 4.25. The molecule has 1 aliphatic heterocycles. The molecule has 134 valence electrons. The Kier molecular flexibility index (Phi) is 4.15. The first-order valence-electron chi connectivity index (χ1n) is 9.10. The molecule has 0 bridgehead atoms. The zero-order valence-electron chi connectivity index (χ0n) is 15.1. The maximum Gasteiger partial charge on any atom is 0.323 e. The zero-order chi connectivity index (χ0) is 18.3. The number of aryl methyl sites for hydroxylation is 2. The molecule has 0 saturated heterocycles. The molecule has 2 aliphatic rings. The molecule has 2 aromatic carbocycles. The second-order valence-corrected chi connectivity index (χ2v) is 7.31. The monoisotopic (exact) mass is 349 g/mol. The lowest BCUT2D eigenvalue weighted by Gasteiger charge is -2.18. The Labute approximate surface area is 153 Å². The van der Waals surface area contributed by atoms with Crippen LogP contribution < -0.4 is 15.5 Å². The summed E-state index contributed by atoms with van der Waals surface area (Å²) >= 11 is 0. The summed E-state index contributed by atoms with van der Waals surface area (Å²) in [5, 5.41) is 5.75. The standard InChI is InChI=1S/C21H23N3O2/c1-13-9-14(2)11-18(10-13)23-21(26)22-17-6-5-15-7-8-24(19(15)12-17)20(25)16-3-4-16/h5-6,9-12,16H,3-4,7-8H2,1-2H3,(H2,22,23,26). The number of nitrogens with zero attached hydrogens (tertiary/aromatic N) is 1. The molecule has 2 aromatic rings. The molecule has 4 rings (SSSR count). The van der Waals surface area contributed by atoms with Crippen molar-refractivity contribution >= 4 is 29.0 Å². The average Bonchev–Trinajstić information content (AvgIpc) is 3.33. The molecule has 0 aromatic heterocycles. The number of nitrogens with one attached hydrogen (secondary N) is 2. The van der Waals surface area contributed by atoms with Gasteiger partial charge >= 0.3 is 6.03 Å². The van der Waals surface area contributed by atoms with Crippen LogP contribution in [0.5, 0.6) is 0 Å². The van der Waals surface area contributed by atoms with Gasteiger partial charge in [0, 0.05) is 29.5 Å². The van der Waals surface area contributed by atoms with Crippen LogP contribution >= 0.6 is 0 Å². The van der Waals surface area contributed by atoms with E-state index >= 15 is 0 Å². The van der Waals surface area contributed by atoms with Crippen LogP contribution in [0, 0.1) is 19.8 Å². The molecule has 1 aliphatic carbocycles. The SMILES string of the molecule is Cc1cc(C)cc(NC(=O)Nc2ccc3c(c2)N(C(=O)C2CC2)CC3)c1. The topological polar surface area (TPSA) is 61.4 Å². The Balaban J connectivity index is 1.47. The van der Waals surface area contributed by atoms with E-state index in [0.717, 1.165) is 48.3 Å². The fraction of sp³-hybridized carbons (Fsp3) is 0.333. The maximum atomic E-state index is 12.4. The van der Waals surface area contributed by atoms with Crippen molar-refractivity contribution in [2.75, 3.05) is 22.1 Å². The van der Waals surface area contributed by atoms with Crippen molar-refractivity contribution in [2.45, 2.75) is 33.1 Å². The van der Waals surface area contributed by atoms with Gasteiger partial charge in [0.2, 0.25) is 5.91 Å². The van der Waals surface area contributed by atoms with E-state index in [2.05, 4.69) is 16.7 Å². The Bertz CT molecular complexity index is 867. The van der Waals surface area contributed by atoms with Gasteiger partial charge in [-0.1, -0.05) is 12.1 Å². The number of anilines is 3. The van der Waals surface area contributed by atoms with E-state index in [0.29, 0.717) is 5.69 Å². The number of hydrogen-bond acceptors (Lipinski definition) is 2. The van der Waals surface area contributed by atoms with Crippen molar-refractivity contribution in [2.24, 2.45) is 5.92 Å². The first-order chi connectivity index (χ1) is 12.5. The van der Waals surface area contributed by atoms with Gasteiger partial charge in [0.1, 0.15) is 0 Å². The minimum atomic E-state index is -0.284. The zero-order valence-corrected chi connectivity index (χ0v) is 15.1. The fourth-order valence-corrected chi connectivity index (χ4v) is 3.58. The quantitative estimate of drug-likeness (QED) is 0.870. The van der Waals surface area contributed by atoms with Crippen molar-refractivity contribution in [3.8, 4) is 0 Å². The first kappa shape index (κ1) is 16.6. The Morgan fingerprint density at radius 2 is 1.65 bits per heavy atom. The summed E-state index contributed by atoms with van der Waals surface area (Å²) in [5.74, 6) is 0.422. The van der Waals surface area contributed by atoms with Gasteiger partial charge in [-0.2, -0.15) is 0 Å². The summed E-state index contributed by atoms with van der Waals surface area (Å²) in [6.07, 6.45) is 2.88. The third kappa shape index (κ3) is 3.43. The molecule has 1 saturated carbocycles. The van der Waals surface area contributed by atoms with Gasteiger partial charge in [-0.05, 0) is 74.1 Å². The molecule has 0 unspecified atom stereocenters. The highest BCUT2D eigenvalue weighted by molar-refractivity contribution is 6.02. The number of fused-ring (bicyclic) bond motifs is 1. The number of amides is 3. The van der Waals surface area contributed by atoms with Crippen LogP contribution in [-0.2, 0) is 11.2 Å². The summed E-state index contributed by atoms with van der Waals surface area (Å²) in [7, 11) is 0. The first-order valence-corrected chi connectivity index (χ1v) is 9.10. The number of hydrogen-bond donors (Lipinski definition) is 2. The summed E-state index contributed by atoms with van der Waals surface area (Å²) in [6.45, 7) is 4.74. The van der Waals surface area contributed by atoms with E-state index in [1.807, 2.05) is 49.1 Å². The molecule has 2 N–H and O–H groups in total. The Hall–Kier alpha value is -2.82. The lowest BCUT2D eigenvalue weighted by atomic mass is 10.1. The van der Waals surface area contributed by atoms with E-state index < -0.39 is 0 Å². The summed E-state index contributed by atoms with van der Waals surface area (Å²) in [4.78, 5) is 26.6. The molecular formula is C21H23N3O2. The van der Waals surface area contributed by atoms with E-state index in [1.165, 1.54) is 5.56 Å². The van der Waals surface area contributed by atoms with Crippen LogP contribution in [0.15, 0.2) is 36.4 Å². The third-order valence-corrected chi connectivity index (χ3v) is 4.91. The van der Waals surface area contributed by atoms with E-state index in [9.17, 15) is 9.59 Å². The summed E-state index contributed by atoms with van der Waals surface area (Å²) in [6, 6.07) is 11.5. The molecular weight excluding hydrogens is 326 g/mol. The van der Waals surface area contributed by atoms with Gasteiger partial charge in [-0.3, -0.25) is 4.79 Å². The number of benzene rings is 2. The Morgan fingerprint density at radius 3 is 2.35 bits per heavy atom. The second kappa shape index (κ2) is 6.48. The Morgan fingerprint density at radius 1 is 0.962 bits per heavy atom. The predicted molar refractivity (Wildman–Crippen MR) is 104 cm³/mol. The van der Waals surface area contributed by atoms with Gasteiger partial charge in [-0.15, -0.1) is 0 Å². The summed E-state index contributed by atoms with van der Waals surface area (Å²) in [5.41, 5.74) is 5.78. The minimum Gasteiger partial charge on any atom is -0.312 e. The summed E-state index contributed by atoms with van der Waals surface area (Å²) < 4.78 is 0. The average molecular weight is 349 g/mol. The molecule has 5 heteroatoms. The molecule has 0 spiro atoms. The molecule has 0 atom stereocenters. The normalized spacial score (nSPS) is 15.5. The van der Waals surface area contributed by atoms with Gasteiger partial charge in [0.15, 0.2) is 0 Å². The number of rotatable bonds is 3. The molecule has 3 amide bonds. The van der Waals surface area contributed by atoms with E-state index in [4.69, 9.17) is 0 Å². The highest BCUT2D eigenvalue weighted by Gasteiger charge is 2.36. The van der Waals surface area contributed by atoms with Gasteiger partial charge in [0.25, 0.3) is 0 Å². The second-order valence-electron chi connectivity index (χ2n) is 7.31. The smallest absolute Gasteiger partial charge is 0.312 e. The molecule has 0 radical (unpaired) electrons. The van der Waals surface area contributed by atoms with Gasteiger partial charge in [-0.25, -0.2) is 4.79 Å². The van der Waals surface area contributed by atoms with Crippen LogP contribution in [-0.4, -0.2) is 18.5 Å². The van der Waals surface area contributed by atoms with Crippen molar-refractivity contribution in [1.82, 2.24) is 0 Å². The van der Waals surface area contributed by atoms with Crippen molar-refractivity contribution in [1.29, 1.82) is 0 Å². The molecule has 1 fully saturated rings. The lowest BCUT2D eigenvalue weighted by molar-refractivity contribution is -0.119. The number of urea groups is 1. The highest BCUT2D eigenvalue weighted by atomic mass is 16.2. The number of carbonyl (C=O) groups excluding carboxylic acids is 2. The highest BCUT2D eigenvalue weighted by Crippen LogP contribution is 2.37. The minimum absolute atomic E-state index is 0.199. The van der Waals surface area contributed by atoms with Crippen molar-refractivity contribution in [3.63, 3.8) is 0 Å². The third-order valence-electron chi connectivity index (χ3n) is 4.91. The van der Waals surface area contributed by atoms with Crippen LogP contribution in [0.1, 0.15) is 29.5 Å². The van der Waals surface area contributed by atoms with Crippen molar-refractivity contribution < 1.29 is 9.59 Å². The van der Waals surface area contributed by atoms with E-state index in [-0.39, 0.29) is 17.9 Å². The number of carbonyl (C=O) groups is 2. The van der Waals surface area contributed by atoms with Gasteiger partial charge in [0.05, 0.1) is 0 Å². The van der Waals surface area contributed by atoms with Gasteiger partial charge < -0.3 is 15.5 Å². The molecule has 1 heterocycles. The van der Waals surface area contributed by atoms with Crippen LogP contribution in [0.2, 0.25) is 0 Å². The molecule has 5 nitrogen and oxygen atoms in total. The van der Waals surface area contributed by atoms with E-state index in [1.54, 1.807) is 0 Å². The fourth-order valence-electron chi connectivity index (χ4n) is 3.58. The lowest BCUT2D eigenvalue weighted by Crippen LogP contribution is -2.30. The van der Waals surface area contributed by atoms with Crippen LogP contribution in [0.4, 0.5) is 21.9 Å². The maximum absolute atomic E-state index is 12.4. The van der Waals surface area contributed by atoms with Crippen molar-refractivity contribution in [3.05, 3.63) is 53.1 Å². The molecule has 26 heavy (non-hydrogen) atoms. The largest absolute Gasteiger partial charge is 0.323 e. The van der Waals surface area contributed by atoms with Crippen LogP contribution in [0.25, 0.3) is 0 Å².